The van der Waals surface area contributed by atoms with E-state index >= 15 is 0 Å². The van der Waals surface area contributed by atoms with E-state index in [1.807, 2.05) is 13.0 Å². The Morgan fingerprint density at radius 2 is 2.40 bits per heavy atom. The second-order valence-corrected chi connectivity index (χ2v) is 4.75. The first kappa shape index (κ1) is 14.7. The van der Waals surface area contributed by atoms with Gasteiger partial charge < -0.3 is 14.8 Å². The van der Waals surface area contributed by atoms with Gasteiger partial charge in [-0.3, -0.25) is 10.1 Å². The SMILES string of the molecule is CCNc1c(COCC2CCCO2)cccc1[N+](=O)[O-]. The van der Waals surface area contributed by atoms with Crippen LogP contribution in [-0.4, -0.2) is 30.8 Å². The summed E-state index contributed by atoms with van der Waals surface area (Å²) in [6.45, 7) is 4.23. The van der Waals surface area contributed by atoms with Crippen LogP contribution in [0.2, 0.25) is 0 Å². The lowest BCUT2D eigenvalue weighted by molar-refractivity contribution is -0.384. The van der Waals surface area contributed by atoms with Gasteiger partial charge in [0.25, 0.3) is 5.69 Å². The lowest BCUT2D eigenvalue weighted by Gasteiger charge is -2.13. The van der Waals surface area contributed by atoms with Crippen molar-refractivity contribution < 1.29 is 14.4 Å². The smallest absolute Gasteiger partial charge is 0.292 e. The number of anilines is 1. The standard InChI is InChI=1S/C14H20N2O4/c1-2-15-14-11(5-3-7-13(14)16(17)18)9-19-10-12-6-4-8-20-12/h3,5,7,12,15H,2,4,6,8-10H2,1H3. The Morgan fingerprint density at radius 3 is 3.05 bits per heavy atom. The van der Waals surface area contributed by atoms with Crippen LogP contribution in [0.25, 0.3) is 0 Å². The number of ether oxygens (including phenoxy) is 2. The Hall–Kier alpha value is -1.66. The Labute approximate surface area is 118 Å². The molecule has 2 rings (SSSR count). The molecule has 0 saturated carbocycles. The van der Waals surface area contributed by atoms with Crippen molar-refractivity contribution in [2.45, 2.75) is 32.5 Å². The second-order valence-electron chi connectivity index (χ2n) is 4.75. The van der Waals surface area contributed by atoms with Crippen molar-refractivity contribution >= 4 is 11.4 Å². The number of hydrogen-bond donors (Lipinski definition) is 1. The van der Waals surface area contributed by atoms with Gasteiger partial charge in [0.2, 0.25) is 0 Å². The maximum absolute atomic E-state index is 11.0. The topological polar surface area (TPSA) is 73.6 Å². The number of nitrogens with one attached hydrogen (secondary N) is 1. The molecule has 1 N–H and O–H groups in total. The molecule has 20 heavy (non-hydrogen) atoms. The van der Waals surface area contributed by atoms with E-state index in [0.717, 1.165) is 25.0 Å². The van der Waals surface area contributed by atoms with Crippen molar-refractivity contribution in [2.24, 2.45) is 0 Å². The molecule has 110 valence electrons. The third-order valence-electron chi connectivity index (χ3n) is 3.26. The quantitative estimate of drug-likeness (QED) is 0.614. The van der Waals surface area contributed by atoms with Crippen LogP contribution in [-0.2, 0) is 16.1 Å². The molecule has 1 aliphatic rings. The molecule has 6 heteroatoms. The summed E-state index contributed by atoms with van der Waals surface area (Å²) in [7, 11) is 0. The highest BCUT2D eigenvalue weighted by molar-refractivity contribution is 5.66. The van der Waals surface area contributed by atoms with Gasteiger partial charge in [-0.25, -0.2) is 0 Å². The molecule has 1 heterocycles. The molecule has 1 unspecified atom stereocenters. The highest BCUT2D eigenvalue weighted by atomic mass is 16.6. The Bertz CT molecular complexity index is 458. The molecule has 0 radical (unpaired) electrons. The van der Waals surface area contributed by atoms with Gasteiger partial charge in [-0.15, -0.1) is 0 Å². The van der Waals surface area contributed by atoms with E-state index in [2.05, 4.69) is 5.32 Å². The molecule has 0 spiro atoms. The van der Waals surface area contributed by atoms with E-state index in [-0.39, 0.29) is 16.7 Å². The zero-order valence-corrected chi connectivity index (χ0v) is 11.6. The molecular weight excluding hydrogens is 260 g/mol. The minimum absolute atomic E-state index is 0.0880. The predicted molar refractivity (Wildman–Crippen MR) is 75.9 cm³/mol. The third-order valence-corrected chi connectivity index (χ3v) is 3.26. The maximum atomic E-state index is 11.0. The van der Waals surface area contributed by atoms with Gasteiger partial charge in [0.15, 0.2) is 0 Å². The molecule has 1 aromatic rings. The van der Waals surface area contributed by atoms with Crippen molar-refractivity contribution in [3.63, 3.8) is 0 Å². The van der Waals surface area contributed by atoms with Crippen LogP contribution in [0.4, 0.5) is 11.4 Å². The molecule has 0 aliphatic carbocycles. The van der Waals surface area contributed by atoms with Crippen LogP contribution in [0, 0.1) is 10.1 Å². The predicted octanol–water partition coefficient (Wildman–Crippen LogP) is 2.72. The van der Waals surface area contributed by atoms with Gasteiger partial charge in [-0.1, -0.05) is 12.1 Å². The van der Waals surface area contributed by atoms with Crippen LogP contribution >= 0.6 is 0 Å². The molecular formula is C14H20N2O4. The van der Waals surface area contributed by atoms with Crippen molar-refractivity contribution in [3.8, 4) is 0 Å². The van der Waals surface area contributed by atoms with E-state index in [1.54, 1.807) is 6.07 Å². The van der Waals surface area contributed by atoms with Gasteiger partial charge in [0.05, 0.1) is 24.2 Å². The average molecular weight is 280 g/mol. The number of nitrogens with zero attached hydrogens (tertiary/aromatic N) is 1. The van der Waals surface area contributed by atoms with Crippen LogP contribution in [0.5, 0.6) is 0 Å². The lowest BCUT2D eigenvalue weighted by Crippen LogP contribution is -2.14. The molecule has 6 nitrogen and oxygen atoms in total. The summed E-state index contributed by atoms with van der Waals surface area (Å²) < 4.78 is 11.1. The summed E-state index contributed by atoms with van der Waals surface area (Å²) in [5.74, 6) is 0. The summed E-state index contributed by atoms with van der Waals surface area (Å²) in [5, 5.41) is 14.1. The van der Waals surface area contributed by atoms with E-state index < -0.39 is 0 Å². The maximum Gasteiger partial charge on any atom is 0.292 e. The van der Waals surface area contributed by atoms with Gasteiger partial charge in [0.1, 0.15) is 5.69 Å². The number of rotatable bonds is 7. The second kappa shape index (κ2) is 7.21. The molecule has 0 amide bonds. The van der Waals surface area contributed by atoms with Crippen LogP contribution < -0.4 is 5.32 Å². The fourth-order valence-corrected chi connectivity index (χ4v) is 2.32. The van der Waals surface area contributed by atoms with Gasteiger partial charge in [-0.2, -0.15) is 0 Å². The average Bonchev–Trinajstić information content (AvgIpc) is 2.93. The zero-order chi connectivity index (χ0) is 14.4. The summed E-state index contributed by atoms with van der Waals surface area (Å²) in [6.07, 6.45) is 2.26. The molecule has 0 bridgehead atoms. The first-order valence-corrected chi connectivity index (χ1v) is 6.92. The van der Waals surface area contributed by atoms with Gasteiger partial charge in [-0.05, 0) is 19.8 Å². The zero-order valence-electron chi connectivity index (χ0n) is 11.6. The fourth-order valence-electron chi connectivity index (χ4n) is 2.32. The Morgan fingerprint density at radius 1 is 1.55 bits per heavy atom. The molecule has 1 atom stereocenters. The summed E-state index contributed by atoms with van der Waals surface area (Å²) in [5.41, 5.74) is 1.44. The van der Waals surface area contributed by atoms with Crippen LogP contribution in [0.3, 0.4) is 0 Å². The highest BCUT2D eigenvalue weighted by Gasteiger charge is 2.18. The Kier molecular flexibility index (Phi) is 5.31. The first-order chi connectivity index (χ1) is 9.72. The summed E-state index contributed by atoms with van der Waals surface area (Å²) in [4.78, 5) is 10.7. The lowest BCUT2D eigenvalue weighted by atomic mass is 10.1. The number of benzene rings is 1. The molecule has 1 aliphatic heterocycles. The molecule has 1 saturated heterocycles. The van der Waals surface area contributed by atoms with Gasteiger partial charge in [0, 0.05) is 24.8 Å². The summed E-state index contributed by atoms with van der Waals surface area (Å²) in [6, 6.07) is 5.03. The largest absolute Gasteiger partial charge is 0.379 e. The van der Waals surface area contributed by atoms with Crippen molar-refractivity contribution in [3.05, 3.63) is 33.9 Å². The molecule has 1 aromatic carbocycles. The normalized spacial score (nSPS) is 18.1. The van der Waals surface area contributed by atoms with Crippen LogP contribution in [0.15, 0.2) is 18.2 Å². The number of nitro benzene ring substituents is 1. The minimum atomic E-state index is -0.373. The third kappa shape index (κ3) is 3.68. The fraction of sp³-hybridized carbons (Fsp3) is 0.571. The van der Waals surface area contributed by atoms with E-state index in [9.17, 15) is 10.1 Å². The minimum Gasteiger partial charge on any atom is -0.379 e. The van der Waals surface area contributed by atoms with E-state index in [1.165, 1.54) is 6.07 Å². The Balaban J connectivity index is 2.01. The molecule has 1 fully saturated rings. The number of hydrogen-bond acceptors (Lipinski definition) is 5. The van der Waals surface area contributed by atoms with Crippen molar-refractivity contribution in [2.75, 3.05) is 25.1 Å². The first-order valence-electron chi connectivity index (χ1n) is 6.92. The monoisotopic (exact) mass is 280 g/mol. The number of para-hydroxylation sites is 1. The van der Waals surface area contributed by atoms with Gasteiger partial charge >= 0.3 is 0 Å². The van der Waals surface area contributed by atoms with E-state index in [4.69, 9.17) is 9.47 Å². The summed E-state index contributed by atoms with van der Waals surface area (Å²) >= 11 is 0. The molecule has 0 aromatic heterocycles. The van der Waals surface area contributed by atoms with Crippen LogP contribution in [0.1, 0.15) is 25.3 Å². The number of nitro groups is 1. The van der Waals surface area contributed by atoms with E-state index in [0.29, 0.717) is 25.4 Å². The highest BCUT2D eigenvalue weighted by Crippen LogP contribution is 2.28. The van der Waals surface area contributed by atoms with Crippen molar-refractivity contribution in [1.82, 2.24) is 0 Å². The van der Waals surface area contributed by atoms with Crippen molar-refractivity contribution in [1.29, 1.82) is 0 Å².